The van der Waals surface area contributed by atoms with Gasteiger partial charge in [-0.05, 0) is 36.2 Å². The molecule has 1 heterocycles. The second-order valence-corrected chi connectivity index (χ2v) is 7.24. The molecule has 1 aliphatic heterocycles. The number of nitrogens with zero attached hydrogens (tertiary/aromatic N) is 2. The van der Waals surface area contributed by atoms with Crippen molar-refractivity contribution in [1.82, 2.24) is 9.80 Å². The highest BCUT2D eigenvalue weighted by atomic mass is 16.5. The molecule has 0 atom stereocenters. The van der Waals surface area contributed by atoms with Crippen molar-refractivity contribution in [1.29, 1.82) is 0 Å². The van der Waals surface area contributed by atoms with Crippen LogP contribution in [0.15, 0.2) is 60.7 Å². The van der Waals surface area contributed by atoms with Crippen LogP contribution in [0.4, 0.5) is 5.69 Å². The lowest BCUT2D eigenvalue weighted by Gasteiger charge is -2.29. The van der Waals surface area contributed by atoms with Crippen molar-refractivity contribution in [2.45, 2.75) is 13.3 Å². The Morgan fingerprint density at radius 3 is 2.47 bits per heavy atom. The van der Waals surface area contributed by atoms with Gasteiger partial charge in [-0.25, -0.2) is 0 Å². The average molecular weight is 408 g/mol. The molecular formula is C24H29N3O3. The third kappa shape index (κ3) is 5.70. The predicted octanol–water partition coefficient (Wildman–Crippen LogP) is 3.27. The number of likely N-dealkylation sites (N-methyl/N-ethyl adjacent to an activating group) is 1. The average Bonchev–Trinajstić information content (AvgIpc) is 2.79. The van der Waals surface area contributed by atoms with Crippen molar-refractivity contribution in [2.75, 3.05) is 45.2 Å². The van der Waals surface area contributed by atoms with E-state index in [0.29, 0.717) is 31.1 Å². The van der Waals surface area contributed by atoms with E-state index in [1.165, 1.54) is 11.1 Å². The smallest absolute Gasteiger partial charge is 0.238 e. The SMILES string of the molecule is CCN(CC(=O)Nc1ccccc1OC)CC(=O)N1CC=C(c2ccccc2)CC1. The molecule has 2 aromatic rings. The molecule has 0 saturated carbocycles. The molecule has 0 fully saturated rings. The van der Waals surface area contributed by atoms with E-state index in [1.54, 1.807) is 19.2 Å². The van der Waals surface area contributed by atoms with Gasteiger partial charge in [-0.1, -0.05) is 55.5 Å². The van der Waals surface area contributed by atoms with E-state index in [1.807, 2.05) is 47.1 Å². The van der Waals surface area contributed by atoms with Crippen molar-refractivity contribution in [3.05, 3.63) is 66.2 Å². The molecule has 0 aromatic heterocycles. The van der Waals surface area contributed by atoms with Crippen molar-refractivity contribution in [3.63, 3.8) is 0 Å². The van der Waals surface area contributed by atoms with Crippen molar-refractivity contribution in [2.24, 2.45) is 0 Å². The fraction of sp³-hybridized carbons (Fsp3) is 0.333. The monoisotopic (exact) mass is 407 g/mol. The normalized spacial score (nSPS) is 13.7. The minimum atomic E-state index is -0.168. The van der Waals surface area contributed by atoms with Gasteiger partial charge in [-0.3, -0.25) is 14.5 Å². The molecule has 0 bridgehead atoms. The Bertz CT molecular complexity index is 896. The summed E-state index contributed by atoms with van der Waals surface area (Å²) >= 11 is 0. The minimum Gasteiger partial charge on any atom is -0.495 e. The standard InChI is InChI=1S/C24H29N3O3/c1-3-26(17-23(28)25-21-11-7-8-12-22(21)30-2)18-24(29)27-15-13-20(14-16-27)19-9-5-4-6-10-19/h4-13H,3,14-18H2,1-2H3,(H,25,28). The zero-order valence-corrected chi connectivity index (χ0v) is 17.6. The Kier molecular flexibility index (Phi) is 7.63. The van der Waals surface area contributed by atoms with Gasteiger partial charge in [0.1, 0.15) is 5.75 Å². The maximum atomic E-state index is 12.8. The quantitative estimate of drug-likeness (QED) is 0.730. The van der Waals surface area contributed by atoms with E-state index in [4.69, 9.17) is 4.74 Å². The Morgan fingerprint density at radius 1 is 1.07 bits per heavy atom. The molecule has 0 saturated heterocycles. The Labute approximate surface area is 178 Å². The van der Waals surface area contributed by atoms with Gasteiger partial charge in [0, 0.05) is 13.1 Å². The van der Waals surface area contributed by atoms with Gasteiger partial charge in [-0.2, -0.15) is 0 Å². The maximum Gasteiger partial charge on any atom is 0.238 e. The van der Waals surface area contributed by atoms with Gasteiger partial charge in [0.15, 0.2) is 0 Å². The van der Waals surface area contributed by atoms with Crippen LogP contribution in [0.5, 0.6) is 5.75 Å². The highest BCUT2D eigenvalue weighted by molar-refractivity contribution is 5.94. The van der Waals surface area contributed by atoms with Gasteiger partial charge < -0.3 is 15.0 Å². The van der Waals surface area contributed by atoms with Crippen LogP contribution in [-0.4, -0.2) is 61.4 Å². The maximum absolute atomic E-state index is 12.8. The molecule has 0 radical (unpaired) electrons. The summed E-state index contributed by atoms with van der Waals surface area (Å²) in [6, 6.07) is 17.5. The van der Waals surface area contributed by atoms with Gasteiger partial charge in [-0.15, -0.1) is 0 Å². The number of carbonyl (C=O) groups excluding carboxylic acids is 2. The topological polar surface area (TPSA) is 61.9 Å². The minimum absolute atomic E-state index is 0.0466. The molecule has 2 aromatic carbocycles. The number of rotatable bonds is 8. The number of methoxy groups -OCH3 is 1. The highest BCUT2D eigenvalue weighted by Crippen LogP contribution is 2.23. The zero-order chi connectivity index (χ0) is 21.3. The van der Waals surface area contributed by atoms with Crippen LogP contribution in [0.25, 0.3) is 5.57 Å². The number of hydrogen-bond acceptors (Lipinski definition) is 4. The lowest BCUT2D eigenvalue weighted by molar-refractivity contribution is -0.132. The van der Waals surface area contributed by atoms with Crippen molar-refractivity contribution >= 4 is 23.1 Å². The van der Waals surface area contributed by atoms with Crippen molar-refractivity contribution < 1.29 is 14.3 Å². The lowest BCUT2D eigenvalue weighted by atomic mass is 9.99. The highest BCUT2D eigenvalue weighted by Gasteiger charge is 2.21. The fourth-order valence-corrected chi connectivity index (χ4v) is 3.52. The first kappa shape index (κ1) is 21.6. The van der Waals surface area contributed by atoms with Crippen LogP contribution in [0.3, 0.4) is 0 Å². The number of carbonyl (C=O) groups is 2. The van der Waals surface area contributed by atoms with E-state index >= 15 is 0 Å². The second kappa shape index (κ2) is 10.6. The van der Waals surface area contributed by atoms with E-state index in [2.05, 4.69) is 23.5 Å². The molecule has 6 heteroatoms. The molecule has 3 rings (SSSR count). The molecule has 0 aliphatic carbocycles. The molecule has 0 spiro atoms. The van der Waals surface area contributed by atoms with Gasteiger partial charge >= 0.3 is 0 Å². The number of para-hydroxylation sites is 2. The summed E-state index contributed by atoms with van der Waals surface area (Å²) in [5.41, 5.74) is 3.12. The summed E-state index contributed by atoms with van der Waals surface area (Å²) in [5, 5.41) is 2.86. The summed E-state index contributed by atoms with van der Waals surface area (Å²) in [4.78, 5) is 28.9. The summed E-state index contributed by atoms with van der Waals surface area (Å²) in [6.07, 6.45) is 2.97. The number of anilines is 1. The van der Waals surface area contributed by atoms with E-state index in [0.717, 1.165) is 6.42 Å². The first-order chi connectivity index (χ1) is 14.6. The van der Waals surface area contributed by atoms with Gasteiger partial charge in [0.2, 0.25) is 11.8 Å². The van der Waals surface area contributed by atoms with Gasteiger partial charge in [0.25, 0.3) is 0 Å². The largest absolute Gasteiger partial charge is 0.495 e. The third-order valence-corrected chi connectivity index (χ3v) is 5.26. The Balaban J connectivity index is 1.52. The number of nitrogens with one attached hydrogen (secondary N) is 1. The van der Waals surface area contributed by atoms with Crippen LogP contribution >= 0.6 is 0 Å². The summed E-state index contributed by atoms with van der Waals surface area (Å²) in [5.74, 6) is 0.489. The number of amides is 2. The van der Waals surface area contributed by atoms with Crippen LogP contribution in [0.1, 0.15) is 18.9 Å². The van der Waals surface area contributed by atoms with E-state index < -0.39 is 0 Å². The van der Waals surface area contributed by atoms with Crippen LogP contribution in [0, 0.1) is 0 Å². The molecule has 6 nitrogen and oxygen atoms in total. The first-order valence-electron chi connectivity index (χ1n) is 10.3. The van der Waals surface area contributed by atoms with Gasteiger partial charge in [0.05, 0.1) is 25.9 Å². The Morgan fingerprint density at radius 2 is 1.80 bits per heavy atom. The number of hydrogen-bond donors (Lipinski definition) is 1. The second-order valence-electron chi connectivity index (χ2n) is 7.24. The molecule has 0 unspecified atom stereocenters. The Hall–Kier alpha value is -3.12. The van der Waals surface area contributed by atoms with Crippen LogP contribution < -0.4 is 10.1 Å². The van der Waals surface area contributed by atoms with Crippen LogP contribution in [0.2, 0.25) is 0 Å². The lowest BCUT2D eigenvalue weighted by Crippen LogP contribution is -2.44. The summed E-state index contributed by atoms with van der Waals surface area (Å²) in [7, 11) is 1.57. The van der Waals surface area contributed by atoms with E-state index in [-0.39, 0.29) is 24.9 Å². The molecule has 158 valence electrons. The first-order valence-corrected chi connectivity index (χ1v) is 10.3. The molecule has 1 N–H and O–H groups in total. The summed E-state index contributed by atoms with van der Waals surface area (Å²) < 4.78 is 5.27. The molecular weight excluding hydrogens is 378 g/mol. The van der Waals surface area contributed by atoms with E-state index in [9.17, 15) is 9.59 Å². The molecule has 30 heavy (non-hydrogen) atoms. The third-order valence-electron chi connectivity index (χ3n) is 5.26. The summed E-state index contributed by atoms with van der Waals surface area (Å²) in [6.45, 7) is 4.25. The predicted molar refractivity (Wildman–Crippen MR) is 119 cm³/mol. The molecule has 2 amide bonds. The fourth-order valence-electron chi connectivity index (χ4n) is 3.52. The zero-order valence-electron chi connectivity index (χ0n) is 17.6. The molecule has 1 aliphatic rings. The number of benzene rings is 2. The number of ether oxygens (including phenoxy) is 1. The van der Waals surface area contributed by atoms with Crippen LogP contribution in [-0.2, 0) is 9.59 Å². The van der Waals surface area contributed by atoms with Crippen molar-refractivity contribution in [3.8, 4) is 5.75 Å².